The van der Waals surface area contributed by atoms with Gasteiger partial charge in [-0.05, 0) is 73.4 Å². The van der Waals surface area contributed by atoms with E-state index in [1.807, 2.05) is 12.1 Å². The molecule has 2 aromatic carbocycles. The zero-order valence-electron chi connectivity index (χ0n) is 16.2. The van der Waals surface area contributed by atoms with Gasteiger partial charge in [-0.2, -0.15) is 18.5 Å². The normalized spacial score (nSPS) is 18.2. The summed E-state index contributed by atoms with van der Waals surface area (Å²) in [4.78, 5) is 14.9. The van der Waals surface area contributed by atoms with E-state index < -0.39 is 10.1 Å². The van der Waals surface area contributed by atoms with Crippen LogP contribution >= 0.6 is 0 Å². The van der Waals surface area contributed by atoms with E-state index in [1.165, 1.54) is 40.5 Å². The molecule has 2 heterocycles. The van der Waals surface area contributed by atoms with Gasteiger partial charge in [-0.25, -0.2) is 0 Å². The number of carbonyl (C=O) groups is 1. The molecule has 7 nitrogen and oxygen atoms in total. The van der Waals surface area contributed by atoms with Crippen LogP contribution in [0.25, 0.3) is 6.08 Å². The van der Waals surface area contributed by atoms with Gasteiger partial charge in [-0.1, -0.05) is 6.07 Å². The number of amides is 1. The van der Waals surface area contributed by atoms with Crippen LogP contribution in [0.3, 0.4) is 0 Å². The maximum Gasteiger partial charge on any atom is 0.294 e. The summed E-state index contributed by atoms with van der Waals surface area (Å²) < 4.78 is 31.5. The number of anilines is 2. The molecule has 0 aliphatic carbocycles. The lowest BCUT2D eigenvalue weighted by molar-refractivity contribution is -0.114. The van der Waals surface area contributed by atoms with Gasteiger partial charge < -0.3 is 4.90 Å². The first-order chi connectivity index (χ1) is 13.7. The molecule has 0 unspecified atom stereocenters. The van der Waals surface area contributed by atoms with Crippen LogP contribution in [0.4, 0.5) is 11.4 Å². The summed E-state index contributed by atoms with van der Waals surface area (Å²) in [6.07, 6.45) is 3.96. The maximum absolute atomic E-state index is 12.9. The number of fused-ring (bicyclic) bond motifs is 1. The Bertz CT molecular complexity index is 1150. The van der Waals surface area contributed by atoms with E-state index in [0.717, 1.165) is 24.9 Å². The molecule has 0 saturated heterocycles. The van der Waals surface area contributed by atoms with Crippen LogP contribution in [-0.4, -0.2) is 38.2 Å². The van der Waals surface area contributed by atoms with E-state index in [2.05, 4.69) is 29.2 Å². The van der Waals surface area contributed by atoms with Gasteiger partial charge in [-0.15, -0.1) is 0 Å². The van der Waals surface area contributed by atoms with Crippen molar-refractivity contribution in [2.24, 2.45) is 5.10 Å². The van der Waals surface area contributed by atoms with Crippen LogP contribution in [0.1, 0.15) is 24.5 Å². The summed E-state index contributed by atoms with van der Waals surface area (Å²) in [5, 5.41) is 5.56. The average molecular weight is 411 g/mol. The number of nitrogens with zero attached hydrogens (tertiary/aromatic N) is 3. The molecule has 150 valence electrons. The van der Waals surface area contributed by atoms with Gasteiger partial charge in [0.1, 0.15) is 0 Å². The summed E-state index contributed by atoms with van der Waals surface area (Å²) in [7, 11) is -2.20. The summed E-state index contributed by atoms with van der Waals surface area (Å²) in [6, 6.07) is 11.6. The van der Waals surface area contributed by atoms with Crippen LogP contribution in [0, 0.1) is 0 Å². The molecule has 2 aliphatic rings. The first-order valence-corrected chi connectivity index (χ1v) is 10.7. The number of hydrogen-bond acceptors (Lipinski definition) is 5. The van der Waals surface area contributed by atoms with Gasteiger partial charge in [0.2, 0.25) is 0 Å². The molecule has 0 fully saturated rings. The van der Waals surface area contributed by atoms with Crippen molar-refractivity contribution in [1.82, 2.24) is 0 Å². The van der Waals surface area contributed by atoms with Crippen LogP contribution in [0.5, 0.6) is 0 Å². The Morgan fingerprint density at radius 3 is 2.55 bits per heavy atom. The predicted molar refractivity (Wildman–Crippen MR) is 113 cm³/mol. The molecule has 0 radical (unpaired) electrons. The van der Waals surface area contributed by atoms with Crippen molar-refractivity contribution in [3.63, 3.8) is 0 Å². The zero-order valence-corrected chi connectivity index (χ0v) is 17.0. The van der Waals surface area contributed by atoms with Crippen molar-refractivity contribution in [2.75, 3.05) is 23.5 Å². The van der Waals surface area contributed by atoms with E-state index in [9.17, 15) is 13.2 Å². The van der Waals surface area contributed by atoms with E-state index in [1.54, 1.807) is 6.92 Å². The highest BCUT2D eigenvalue weighted by atomic mass is 32.2. The molecule has 2 aliphatic heterocycles. The van der Waals surface area contributed by atoms with Gasteiger partial charge >= 0.3 is 0 Å². The minimum atomic E-state index is -4.28. The minimum absolute atomic E-state index is 0.233. The van der Waals surface area contributed by atoms with Gasteiger partial charge in [-0.3, -0.25) is 9.35 Å². The number of hydrogen-bond donors (Lipinski definition) is 1. The molecule has 0 atom stereocenters. The molecule has 29 heavy (non-hydrogen) atoms. The molecule has 2 aromatic rings. The van der Waals surface area contributed by atoms with E-state index in [4.69, 9.17) is 4.55 Å². The largest absolute Gasteiger partial charge is 0.374 e. The number of aryl methyl sites for hydroxylation is 1. The lowest BCUT2D eigenvalue weighted by atomic mass is 9.98. The zero-order chi connectivity index (χ0) is 20.8. The maximum atomic E-state index is 12.9. The van der Waals surface area contributed by atoms with Crippen LogP contribution in [-0.2, 0) is 21.3 Å². The Balaban J connectivity index is 1.62. The molecular formula is C21H21N3O4S. The van der Waals surface area contributed by atoms with E-state index >= 15 is 0 Å². The van der Waals surface area contributed by atoms with Crippen molar-refractivity contribution in [3.05, 3.63) is 59.2 Å². The van der Waals surface area contributed by atoms with Gasteiger partial charge in [0.15, 0.2) is 0 Å². The third kappa shape index (κ3) is 3.68. The molecule has 0 bridgehead atoms. The highest BCUT2D eigenvalue weighted by Crippen LogP contribution is 2.29. The topological polar surface area (TPSA) is 90.3 Å². The molecule has 0 aromatic heterocycles. The Morgan fingerprint density at radius 2 is 1.86 bits per heavy atom. The third-order valence-electron chi connectivity index (χ3n) is 5.21. The summed E-state index contributed by atoms with van der Waals surface area (Å²) in [6.45, 7) is 2.81. The SMILES string of the molecule is CC1=NN(c2ccc(S(=O)(=O)O)cc2)C(=O)/C1=C\c1ccc2c(c1)CCCN2C. The standard InChI is InChI=1S/C21H21N3O4S/c1-14-19(13-15-5-10-20-16(12-15)4-3-11-23(20)2)21(25)24(22-14)17-6-8-18(9-7-17)29(26,27)28/h5-10,12-13H,3-4,11H2,1-2H3,(H,26,27,28)/b19-13-. The summed E-state index contributed by atoms with van der Waals surface area (Å²) in [5.41, 5.74) is 4.95. The smallest absolute Gasteiger partial charge is 0.294 e. The van der Waals surface area contributed by atoms with Crippen molar-refractivity contribution < 1.29 is 17.8 Å². The summed E-state index contributed by atoms with van der Waals surface area (Å²) >= 11 is 0. The fourth-order valence-corrected chi connectivity index (χ4v) is 4.16. The van der Waals surface area contributed by atoms with Crippen molar-refractivity contribution in [3.8, 4) is 0 Å². The number of hydrazone groups is 1. The van der Waals surface area contributed by atoms with Crippen molar-refractivity contribution in [1.29, 1.82) is 0 Å². The average Bonchev–Trinajstić information content (AvgIpc) is 2.96. The Morgan fingerprint density at radius 1 is 1.14 bits per heavy atom. The first kappa shape index (κ1) is 19.4. The lowest BCUT2D eigenvalue weighted by Crippen LogP contribution is -2.24. The molecular weight excluding hydrogens is 390 g/mol. The fourth-order valence-electron chi connectivity index (χ4n) is 3.68. The molecule has 4 rings (SSSR count). The number of carbonyl (C=O) groups excluding carboxylic acids is 1. The van der Waals surface area contributed by atoms with Crippen LogP contribution in [0.2, 0.25) is 0 Å². The molecule has 1 amide bonds. The Hall–Kier alpha value is -2.97. The third-order valence-corrected chi connectivity index (χ3v) is 6.08. The van der Waals surface area contributed by atoms with Gasteiger partial charge in [0.05, 0.1) is 21.9 Å². The van der Waals surface area contributed by atoms with E-state index in [0.29, 0.717) is 17.0 Å². The molecule has 1 N–H and O–H groups in total. The molecule has 0 saturated carbocycles. The Labute approximate surface area is 169 Å². The van der Waals surface area contributed by atoms with E-state index in [-0.39, 0.29) is 10.8 Å². The van der Waals surface area contributed by atoms with Crippen LogP contribution < -0.4 is 9.91 Å². The number of benzene rings is 2. The quantitative estimate of drug-likeness (QED) is 0.619. The fraction of sp³-hybridized carbons (Fsp3) is 0.238. The minimum Gasteiger partial charge on any atom is -0.374 e. The molecule has 8 heteroatoms. The van der Waals surface area contributed by atoms with Gasteiger partial charge in [0.25, 0.3) is 16.0 Å². The predicted octanol–water partition coefficient (Wildman–Crippen LogP) is 3.12. The number of rotatable bonds is 3. The van der Waals surface area contributed by atoms with Crippen LogP contribution in [0.15, 0.2) is 58.0 Å². The Kier molecular flexibility index (Phi) is 4.76. The monoisotopic (exact) mass is 411 g/mol. The van der Waals surface area contributed by atoms with Gasteiger partial charge in [0, 0.05) is 19.3 Å². The highest BCUT2D eigenvalue weighted by molar-refractivity contribution is 7.85. The lowest BCUT2D eigenvalue weighted by Gasteiger charge is -2.27. The second-order valence-corrected chi connectivity index (χ2v) is 8.66. The summed E-state index contributed by atoms with van der Waals surface area (Å²) in [5.74, 6) is -0.281. The van der Waals surface area contributed by atoms with Crippen molar-refractivity contribution in [2.45, 2.75) is 24.7 Å². The highest BCUT2D eigenvalue weighted by Gasteiger charge is 2.29. The second kappa shape index (κ2) is 7.13. The first-order valence-electron chi connectivity index (χ1n) is 9.27. The van der Waals surface area contributed by atoms with Crippen molar-refractivity contribution >= 4 is 39.2 Å². The second-order valence-electron chi connectivity index (χ2n) is 7.24. The molecule has 0 spiro atoms.